The van der Waals surface area contributed by atoms with Gasteiger partial charge in [-0.3, -0.25) is 4.79 Å². The standard InChI is InChI=1S/C20H31N3O4S/c1-12(2)15-8-7-9-16(13(3)4)18(15)21-20(25)22-28(26,27)17-10-11-23(14(5)6)19(17)24/h7-9,12-14,17H,10-11H2,1-6H3,(H2,21,22,25). The fourth-order valence-electron chi connectivity index (χ4n) is 3.51. The molecule has 1 atom stereocenters. The molecule has 8 heteroatoms. The third-order valence-electron chi connectivity index (χ3n) is 5.04. The Morgan fingerprint density at radius 2 is 1.61 bits per heavy atom. The van der Waals surface area contributed by atoms with E-state index in [0.717, 1.165) is 11.1 Å². The van der Waals surface area contributed by atoms with Gasteiger partial charge in [-0.05, 0) is 43.2 Å². The molecule has 0 radical (unpaired) electrons. The second-order valence-electron chi connectivity index (χ2n) is 8.12. The fourth-order valence-corrected chi connectivity index (χ4v) is 4.78. The predicted molar refractivity (Wildman–Crippen MR) is 111 cm³/mol. The molecular formula is C20H31N3O4S. The number of para-hydroxylation sites is 1. The van der Waals surface area contributed by atoms with Crippen molar-refractivity contribution in [2.75, 3.05) is 11.9 Å². The molecule has 1 saturated heterocycles. The molecule has 0 saturated carbocycles. The summed E-state index contributed by atoms with van der Waals surface area (Å²) in [6, 6.07) is 4.85. The summed E-state index contributed by atoms with van der Waals surface area (Å²) in [4.78, 5) is 26.4. The molecule has 0 aliphatic carbocycles. The molecule has 0 spiro atoms. The van der Waals surface area contributed by atoms with Crippen LogP contribution >= 0.6 is 0 Å². The molecule has 1 heterocycles. The monoisotopic (exact) mass is 409 g/mol. The molecule has 0 aromatic heterocycles. The van der Waals surface area contributed by atoms with Crippen LogP contribution in [0.5, 0.6) is 0 Å². The first-order chi connectivity index (χ1) is 13.0. The highest BCUT2D eigenvalue weighted by atomic mass is 32.2. The van der Waals surface area contributed by atoms with E-state index < -0.39 is 27.2 Å². The number of benzene rings is 1. The summed E-state index contributed by atoms with van der Waals surface area (Å²) in [5, 5.41) is 1.49. The zero-order valence-electron chi connectivity index (χ0n) is 17.4. The summed E-state index contributed by atoms with van der Waals surface area (Å²) in [6.07, 6.45) is 0.180. The van der Waals surface area contributed by atoms with E-state index in [9.17, 15) is 18.0 Å². The smallest absolute Gasteiger partial charge is 0.332 e. The average Bonchev–Trinajstić information content (AvgIpc) is 2.96. The summed E-state index contributed by atoms with van der Waals surface area (Å²) in [7, 11) is -4.11. The topological polar surface area (TPSA) is 95.6 Å². The Balaban J connectivity index is 2.22. The van der Waals surface area contributed by atoms with Gasteiger partial charge in [0.1, 0.15) is 0 Å². The Morgan fingerprint density at radius 3 is 2.04 bits per heavy atom. The van der Waals surface area contributed by atoms with E-state index in [4.69, 9.17) is 0 Å². The van der Waals surface area contributed by atoms with Crippen molar-refractivity contribution in [2.45, 2.75) is 71.1 Å². The van der Waals surface area contributed by atoms with E-state index in [2.05, 4.69) is 5.32 Å². The van der Waals surface area contributed by atoms with E-state index in [0.29, 0.717) is 12.2 Å². The van der Waals surface area contributed by atoms with Crippen LogP contribution in [-0.4, -0.2) is 43.1 Å². The second-order valence-corrected chi connectivity index (χ2v) is 9.99. The molecule has 1 fully saturated rings. The minimum Gasteiger partial charge on any atom is -0.339 e. The normalized spacial score (nSPS) is 17.7. The Bertz CT molecular complexity index is 821. The number of carbonyl (C=O) groups excluding carboxylic acids is 2. The zero-order chi connectivity index (χ0) is 21.2. The lowest BCUT2D eigenvalue weighted by atomic mass is 9.93. The number of sulfonamides is 1. The largest absolute Gasteiger partial charge is 0.339 e. The van der Waals surface area contributed by atoms with Gasteiger partial charge in [0.05, 0.1) is 0 Å². The van der Waals surface area contributed by atoms with Crippen LogP contribution in [0, 0.1) is 0 Å². The molecule has 1 unspecified atom stereocenters. The third-order valence-corrected chi connectivity index (χ3v) is 6.69. The van der Waals surface area contributed by atoms with Crippen LogP contribution in [-0.2, 0) is 14.8 Å². The van der Waals surface area contributed by atoms with Crippen molar-refractivity contribution in [1.29, 1.82) is 0 Å². The van der Waals surface area contributed by atoms with Gasteiger partial charge in [0.2, 0.25) is 15.9 Å². The summed E-state index contributed by atoms with van der Waals surface area (Å²) in [5.74, 6) is -0.149. The number of amides is 3. The van der Waals surface area contributed by atoms with E-state index in [1.54, 1.807) is 0 Å². The van der Waals surface area contributed by atoms with Gasteiger partial charge in [-0.15, -0.1) is 0 Å². The molecule has 1 aliphatic heterocycles. The number of urea groups is 1. The molecule has 3 amide bonds. The van der Waals surface area contributed by atoms with E-state index in [1.807, 2.05) is 64.5 Å². The number of nitrogens with zero attached hydrogens (tertiary/aromatic N) is 1. The zero-order valence-corrected chi connectivity index (χ0v) is 18.3. The first kappa shape index (κ1) is 22.2. The maximum Gasteiger partial charge on any atom is 0.332 e. The van der Waals surface area contributed by atoms with Gasteiger partial charge < -0.3 is 10.2 Å². The molecule has 1 aromatic carbocycles. The van der Waals surface area contributed by atoms with Crippen molar-refractivity contribution in [3.05, 3.63) is 29.3 Å². The van der Waals surface area contributed by atoms with Crippen molar-refractivity contribution in [3.63, 3.8) is 0 Å². The number of likely N-dealkylation sites (tertiary alicyclic amines) is 1. The number of anilines is 1. The van der Waals surface area contributed by atoms with Crippen LogP contribution in [0.15, 0.2) is 18.2 Å². The lowest BCUT2D eigenvalue weighted by Crippen LogP contribution is -2.45. The SMILES string of the molecule is CC(C)c1cccc(C(C)C)c1NC(=O)NS(=O)(=O)C1CCN(C(C)C)C1=O. The summed E-state index contributed by atoms with van der Waals surface area (Å²) >= 11 is 0. The van der Waals surface area contributed by atoms with Crippen LogP contribution in [0.3, 0.4) is 0 Å². The third kappa shape index (κ3) is 4.66. The molecule has 156 valence electrons. The fraction of sp³-hybridized carbons (Fsp3) is 0.600. The van der Waals surface area contributed by atoms with Crippen LogP contribution in [0.1, 0.15) is 70.9 Å². The molecule has 1 aliphatic rings. The minimum atomic E-state index is -4.11. The maximum atomic E-state index is 12.6. The second kappa shape index (κ2) is 8.51. The first-order valence-electron chi connectivity index (χ1n) is 9.71. The Kier molecular flexibility index (Phi) is 6.75. The predicted octanol–water partition coefficient (Wildman–Crippen LogP) is 3.39. The van der Waals surface area contributed by atoms with Crippen molar-refractivity contribution >= 4 is 27.6 Å². The highest BCUT2D eigenvalue weighted by Crippen LogP contribution is 2.32. The van der Waals surface area contributed by atoms with Crippen molar-refractivity contribution in [1.82, 2.24) is 9.62 Å². The van der Waals surface area contributed by atoms with E-state index in [-0.39, 0.29) is 24.3 Å². The quantitative estimate of drug-likeness (QED) is 0.753. The number of rotatable bonds is 6. The van der Waals surface area contributed by atoms with Gasteiger partial charge in [0, 0.05) is 18.3 Å². The van der Waals surface area contributed by atoms with Gasteiger partial charge in [-0.1, -0.05) is 45.9 Å². The lowest BCUT2D eigenvalue weighted by molar-refractivity contribution is -0.128. The van der Waals surface area contributed by atoms with Crippen LogP contribution in [0.25, 0.3) is 0 Å². The van der Waals surface area contributed by atoms with Crippen LogP contribution < -0.4 is 10.0 Å². The van der Waals surface area contributed by atoms with Crippen molar-refractivity contribution < 1.29 is 18.0 Å². The summed E-state index contributed by atoms with van der Waals surface area (Å²) < 4.78 is 27.3. The Hall–Kier alpha value is -2.09. The van der Waals surface area contributed by atoms with E-state index >= 15 is 0 Å². The van der Waals surface area contributed by atoms with Crippen LogP contribution in [0.4, 0.5) is 10.5 Å². The average molecular weight is 410 g/mol. The van der Waals surface area contributed by atoms with Gasteiger partial charge in [0.25, 0.3) is 0 Å². The van der Waals surface area contributed by atoms with Gasteiger partial charge in [0.15, 0.2) is 5.25 Å². The van der Waals surface area contributed by atoms with Crippen molar-refractivity contribution in [3.8, 4) is 0 Å². The molecule has 2 N–H and O–H groups in total. The molecular weight excluding hydrogens is 378 g/mol. The lowest BCUT2D eigenvalue weighted by Gasteiger charge is -2.22. The molecule has 1 aromatic rings. The maximum absolute atomic E-state index is 12.6. The molecule has 2 rings (SSSR count). The van der Waals surface area contributed by atoms with Crippen molar-refractivity contribution in [2.24, 2.45) is 0 Å². The molecule has 7 nitrogen and oxygen atoms in total. The number of carbonyl (C=O) groups is 2. The Labute approximate surface area is 167 Å². The number of nitrogens with one attached hydrogen (secondary N) is 2. The number of hydrogen-bond acceptors (Lipinski definition) is 4. The minimum absolute atomic E-state index is 0.0759. The van der Waals surface area contributed by atoms with Gasteiger partial charge in [-0.25, -0.2) is 17.9 Å². The molecule has 28 heavy (non-hydrogen) atoms. The highest BCUT2D eigenvalue weighted by Gasteiger charge is 2.42. The van der Waals surface area contributed by atoms with Gasteiger partial charge >= 0.3 is 6.03 Å². The van der Waals surface area contributed by atoms with Crippen LogP contribution in [0.2, 0.25) is 0 Å². The summed E-state index contributed by atoms with van der Waals surface area (Å²) in [6.45, 7) is 12.1. The highest BCUT2D eigenvalue weighted by molar-refractivity contribution is 7.91. The van der Waals surface area contributed by atoms with E-state index in [1.165, 1.54) is 4.90 Å². The Morgan fingerprint density at radius 1 is 1.07 bits per heavy atom. The summed E-state index contributed by atoms with van der Waals surface area (Å²) in [5.41, 5.74) is 2.49. The van der Waals surface area contributed by atoms with Gasteiger partial charge in [-0.2, -0.15) is 0 Å². The number of hydrogen-bond donors (Lipinski definition) is 2. The first-order valence-corrected chi connectivity index (χ1v) is 11.3. The molecule has 0 bridgehead atoms.